The van der Waals surface area contributed by atoms with Gasteiger partial charge in [-0.25, -0.2) is 14.2 Å². The minimum atomic E-state index is -1.42. The van der Waals surface area contributed by atoms with Gasteiger partial charge in [-0.15, -0.1) is 11.3 Å². The maximum Gasteiger partial charge on any atom is 0.332 e. The second-order valence-electron chi connectivity index (χ2n) is 6.84. The van der Waals surface area contributed by atoms with E-state index in [1.54, 1.807) is 27.7 Å². The van der Waals surface area contributed by atoms with Crippen LogP contribution in [0.2, 0.25) is 0 Å². The van der Waals surface area contributed by atoms with Gasteiger partial charge in [0.2, 0.25) is 0 Å². The van der Waals surface area contributed by atoms with Crippen LogP contribution in [0.1, 0.15) is 54.0 Å². The Balaban J connectivity index is 0.00000151. The summed E-state index contributed by atoms with van der Waals surface area (Å²) in [4.78, 5) is 40.8. The van der Waals surface area contributed by atoms with Crippen LogP contribution in [0.25, 0.3) is 10.2 Å². The molecule has 0 aliphatic heterocycles. The molecular formula is C17H25BrN2O4S. The van der Waals surface area contributed by atoms with Gasteiger partial charge in [-0.3, -0.25) is 9.78 Å². The molecule has 1 N–H and O–H groups in total. The minimum absolute atomic E-state index is 0.401. The topological polar surface area (TPSA) is 81.2 Å². The van der Waals surface area contributed by atoms with Gasteiger partial charge in [0, 0.05) is 0 Å². The Kier molecular flexibility index (Phi) is 6.45. The number of hydrogen-bond acceptors (Lipinski definition) is 5. The Bertz CT molecular complexity index is 900. The highest BCUT2D eigenvalue weighted by Gasteiger charge is 2.37. The lowest BCUT2D eigenvalue weighted by Crippen LogP contribution is -2.52. The molecule has 0 aliphatic rings. The highest BCUT2D eigenvalue weighted by atomic mass is 79.9. The molecule has 0 radical (unpaired) electrons. The number of carbonyl (C=O) groups excluding carboxylic acids is 1. The van der Waals surface area contributed by atoms with Crippen LogP contribution in [0, 0.1) is 6.92 Å². The summed E-state index contributed by atoms with van der Waals surface area (Å²) in [7, 11) is 0. The van der Waals surface area contributed by atoms with E-state index in [9.17, 15) is 14.4 Å². The first-order valence-corrected chi connectivity index (χ1v) is 9.65. The van der Waals surface area contributed by atoms with Crippen molar-refractivity contribution in [2.75, 3.05) is 0 Å². The molecule has 0 saturated heterocycles. The number of carbonyl (C=O) groups is 1. The number of aryl methyl sites for hydroxylation is 1. The fourth-order valence-corrected chi connectivity index (χ4v) is 3.79. The molecule has 0 unspecified atom stereocenters. The summed E-state index contributed by atoms with van der Waals surface area (Å²) in [5.41, 5.74) is -2.53. The average molecular weight is 433 g/mol. The smallest absolute Gasteiger partial charge is 0.332 e. The van der Waals surface area contributed by atoms with E-state index in [4.69, 9.17) is 4.74 Å². The molecule has 25 heavy (non-hydrogen) atoms. The van der Waals surface area contributed by atoms with Crippen molar-refractivity contribution >= 4 is 43.5 Å². The van der Waals surface area contributed by atoms with E-state index in [-0.39, 0.29) is 0 Å². The summed E-state index contributed by atoms with van der Waals surface area (Å²) in [5.74, 6) is -0.635. The van der Waals surface area contributed by atoms with E-state index in [2.05, 4.69) is 20.9 Å². The Morgan fingerprint density at radius 2 is 1.68 bits per heavy atom. The number of esters is 1. The van der Waals surface area contributed by atoms with Gasteiger partial charge in [0.15, 0.2) is 0 Å². The van der Waals surface area contributed by atoms with Crippen LogP contribution < -0.4 is 11.2 Å². The van der Waals surface area contributed by atoms with Gasteiger partial charge in [-0.2, -0.15) is 0 Å². The molecule has 0 amide bonds. The third-order valence-corrected chi connectivity index (χ3v) is 5.46. The lowest BCUT2D eigenvalue weighted by Gasteiger charge is -2.29. The maximum absolute atomic E-state index is 12.8. The van der Waals surface area contributed by atoms with Crippen LogP contribution in [0.4, 0.5) is 0 Å². The van der Waals surface area contributed by atoms with Crippen molar-refractivity contribution in [2.45, 2.75) is 66.5 Å². The average Bonchev–Trinajstić information content (AvgIpc) is 2.73. The van der Waals surface area contributed by atoms with Crippen LogP contribution in [0.15, 0.2) is 13.4 Å². The molecule has 0 aliphatic carbocycles. The number of aromatic amines is 1. The quantitative estimate of drug-likeness (QED) is 0.728. The summed E-state index contributed by atoms with van der Waals surface area (Å²) >= 11 is 4.64. The molecule has 0 atom stereocenters. The van der Waals surface area contributed by atoms with E-state index in [0.29, 0.717) is 10.2 Å². The molecular weight excluding hydrogens is 408 g/mol. The van der Waals surface area contributed by atoms with E-state index in [1.165, 1.54) is 25.2 Å². The molecule has 2 rings (SSSR count). The largest absolute Gasteiger partial charge is 0.458 e. The van der Waals surface area contributed by atoms with Gasteiger partial charge >= 0.3 is 11.7 Å². The van der Waals surface area contributed by atoms with Crippen LogP contribution in [-0.2, 0) is 15.1 Å². The predicted octanol–water partition coefficient (Wildman–Crippen LogP) is 3.93. The zero-order valence-electron chi connectivity index (χ0n) is 15.9. The first kappa shape index (κ1) is 21.6. The second-order valence-corrected chi connectivity index (χ2v) is 9.18. The molecule has 2 aromatic rings. The lowest BCUT2D eigenvalue weighted by atomic mass is 10.0. The molecule has 2 heterocycles. The highest BCUT2D eigenvalue weighted by molar-refractivity contribution is 9.11. The van der Waals surface area contributed by atoms with Gasteiger partial charge in [-0.1, -0.05) is 13.8 Å². The summed E-state index contributed by atoms with van der Waals surface area (Å²) < 4.78 is 7.05. The van der Waals surface area contributed by atoms with E-state index < -0.39 is 28.4 Å². The Hall–Kier alpha value is -1.41. The van der Waals surface area contributed by atoms with Gasteiger partial charge in [0.1, 0.15) is 16.0 Å². The van der Waals surface area contributed by atoms with Crippen molar-refractivity contribution in [3.05, 3.63) is 30.2 Å². The molecule has 0 saturated carbocycles. The number of ether oxygens (including phenoxy) is 1. The first-order valence-electron chi connectivity index (χ1n) is 8.04. The van der Waals surface area contributed by atoms with Gasteiger partial charge in [-0.05, 0) is 63.0 Å². The third kappa shape index (κ3) is 4.23. The Morgan fingerprint density at radius 3 is 2.16 bits per heavy atom. The van der Waals surface area contributed by atoms with Crippen molar-refractivity contribution in [1.29, 1.82) is 0 Å². The molecule has 6 nitrogen and oxygen atoms in total. The third-order valence-electron chi connectivity index (χ3n) is 3.39. The molecule has 0 aromatic carbocycles. The summed E-state index contributed by atoms with van der Waals surface area (Å²) in [6, 6.07) is 0. The highest BCUT2D eigenvalue weighted by Crippen LogP contribution is 2.31. The monoisotopic (exact) mass is 432 g/mol. The summed E-state index contributed by atoms with van der Waals surface area (Å²) in [5, 5.41) is 0.401. The van der Waals surface area contributed by atoms with Gasteiger partial charge < -0.3 is 4.74 Å². The molecule has 2 aromatic heterocycles. The molecule has 8 heteroatoms. The Labute approximate surface area is 159 Å². The lowest BCUT2D eigenvalue weighted by molar-refractivity contribution is -0.164. The molecule has 0 spiro atoms. The molecule has 140 valence electrons. The number of fused-ring (bicyclic) bond motifs is 1. The van der Waals surface area contributed by atoms with Crippen molar-refractivity contribution in [3.8, 4) is 0 Å². The van der Waals surface area contributed by atoms with E-state index >= 15 is 0 Å². The molecule has 0 fully saturated rings. The van der Waals surface area contributed by atoms with E-state index in [0.717, 1.165) is 13.9 Å². The number of halogens is 1. The SMILES string of the molecule is CC.Cc1c(Br)sc2[nH]c(=O)n(C(C)(C)C(=O)OC(C)(C)C)c(=O)c12. The fraction of sp³-hybridized carbons (Fsp3) is 0.588. The number of nitrogens with zero attached hydrogens (tertiary/aromatic N) is 1. The number of rotatable bonds is 2. The number of thiophene rings is 1. The fourth-order valence-electron chi connectivity index (χ4n) is 2.19. The van der Waals surface area contributed by atoms with Crippen molar-refractivity contribution < 1.29 is 9.53 Å². The minimum Gasteiger partial charge on any atom is -0.458 e. The van der Waals surface area contributed by atoms with E-state index in [1.807, 2.05) is 13.8 Å². The Morgan fingerprint density at radius 1 is 1.16 bits per heavy atom. The number of H-pyrrole nitrogens is 1. The predicted molar refractivity (Wildman–Crippen MR) is 106 cm³/mol. The molecule has 0 bridgehead atoms. The second kappa shape index (κ2) is 7.45. The summed E-state index contributed by atoms with van der Waals surface area (Å²) in [6.07, 6.45) is 0. The van der Waals surface area contributed by atoms with Crippen molar-refractivity contribution in [3.63, 3.8) is 0 Å². The number of aromatic nitrogens is 2. The van der Waals surface area contributed by atoms with Gasteiger partial charge in [0.25, 0.3) is 5.56 Å². The van der Waals surface area contributed by atoms with Crippen LogP contribution in [0.3, 0.4) is 0 Å². The maximum atomic E-state index is 12.8. The number of hydrogen-bond donors (Lipinski definition) is 1. The van der Waals surface area contributed by atoms with Gasteiger partial charge in [0.05, 0.1) is 9.17 Å². The normalized spacial score (nSPS) is 11.9. The van der Waals surface area contributed by atoms with Crippen molar-refractivity contribution in [2.24, 2.45) is 0 Å². The van der Waals surface area contributed by atoms with Crippen LogP contribution in [0.5, 0.6) is 0 Å². The zero-order valence-corrected chi connectivity index (χ0v) is 18.3. The van der Waals surface area contributed by atoms with Crippen LogP contribution in [-0.4, -0.2) is 21.1 Å². The van der Waals surface area contributed by atoms with Crippen LogP contribution >= 0.6 is 27.3 Å². The van der Waals surface area contributed by atoms with Crippen molar-refractivity contribution in [1.82, 2.24) is 9.55 Å². The standard InChI is InChI=1S/C15H19BrN2O4S.C2H6/c1-7-8-10(23-9(7)16)17-13(21)18(11(8)19)15(5,6)12(20)22-14(2,3)4;1-2/h1-6H3,(H,17,21);1-2H3. The first-order chi connectivity index (χ1) is 11.4. The summed E-state index contributed by atoms with van der Waals surface area (Å²) in [6.45, 7) is 14.0. The zero-order chi connectivity index (χ0) is 19.7. The number of nitrogens with one attached hydrogen (secondary N) is 1.